The lowest BCUT2D eigenvalue weighted by atomic mass is 9.69. The first kappa shape index (κ1) is 18.2. The van der Waals surface area contributed by atoms with Crippen molar-refractivity contribution in [1.29, 1.82) is 0 Å². The van der Waals surface area contributed by atoms with E-state index in [4.69, 9.17) is 9.47 Å². The number of carbonyl (C=O) groups is 1. The molecule has 1 amide bonds. The van der Waals surface area contributed by atoms with E-state index < -0.39 is 11.3 Å². The van der Waals surface area contributed by atoms with Crippen LogP contribution in [0, 0.1) is 11.8 Å². The number of piperidine rings is 1. The molecule has 1 aromatic rings. The van der Waals surface area contributed by atoms with Gasteiger partial charge < -0.3 is 9.47 Å². The number of benzene rings is 1. The van der Waals surface area contributed by atoms with Crippen molar-refractivity contribution in [2.24, 2.45) is 11.8 Å². The summed E-state index contributed by atoms with van der Waals surface area (Å²) in [7, 11) is 1.72. The van der Waals surface area contributed by atoms with Crippen molar-refractivity contribution in [2.75, 3.05) is 13.7 Å². The van der Waals surface area contributed by atoms with E-state index in [-0.39, 0.29) is 6.09 Å². The molecule has 2 fully saturated rings. The molecule has 2 aliphatic rings. The summed E-state index contributed by atoms with van der Waals surface area (Å²) in [5.41, 5.74) is -0.215. The fraction of sp³-hybridized carbons (Fsp3) is 0.667. The number of ether oxygens (including phenoxy) is 2. The van der Waals surface area contributed by atoms with Gasteiger partial charge in [-0.3, -0.25) is 4.90 Å². The quantitative estimate of drug-likeness (QED) is 0.779. The van der Waals surface area contributed by atoms with Crippen molar-refractivity contribution in [2.45, 2.75) is 64.2 Å². The molecule has 1 aliphatic heterocycles. The molecule has 0 aromatic heterocycles. The third kappa shape index (κ3) is 3.69. The number of amides is 1. The summed E-state index contributed by atoms with van der Waals surface area (Å²) in [6.45, 7) is 6.40. The van der Waals surface area contributed by atoms with Gasteiger partial charge in [0.15, 0.2) is 5.72 Å². The third-order valence-corrected chi connectivity index (χ3v) is 5.69. The SMILES string of the molecule is COC1(c2ccccc2)CC(C2CCC2)CCN1C(=O)OC(C)(C)C. The summed E-state index contributed by atoms with van der Waals surface area (Å²) in [5, 5.41) is 0. The van der Waals surface area contributed by atoms with Crippen molar-refractivity contribution >= 4 is 6.09 Å². The molecule has 1 aliphatic carbocycles. The summed E-state index contributed by atoms with van der Waals surface area (Å²) in [5.74, 6) is 1.38. The summed E-state index contributed by atoms with van der Waals surface area (Å²) in [4.78, 5) is 14.8. The summed E-state index contributed by atoms with van der Waals surface area (Å²) < 4.78 is 11.8. The van der Waals surface area contributed by atoms with Crippen LogP contribution in [0.25, 0.3) is 0 Å². The fourth-order valence-electron chi connectivity index (χ4n) is 4.20. The van der Waals surface area contributed by atoms with Gasteiger partial charge in [-0.25, -0.2) is 4.79 Å². The maximum absolute atomic E-state index is 12.9. The van der Waals surface area contributed by atoms with Gasteiger partial charge in [0.25, 0.3) is 0 Å². The zero-order valence-corrected chi connectivity index (χ0v) is 16.0. The summed E-state index contributed by atoms with van der Waals surface area (Å²) in [6.07, 6.45) is 5.55. The van der Waals surface area contributed by atoms with Crippen LogP contribution in [0.1, 0.15) is 58.4 Å². The summed E-state index contributed by atoms with van der Waals surface area (Å²) >= 11 is 0. The monoisotopic (exact) mass is 345 g/mol. The van der Waals surface area contributed by atoms with Crippen molar-refractivity contribution in [3.8, 4) is 0 Å². The summed E-state index contributed by atoms with van der Waals surface area (Å²) in [6, 6.07) is 10.1. The van der Waals surface area contributed by atoms with Gasteiger partial charge in [-0.1, -0.05) is 49.6 Å². The molecule has 4 heteroatoms. The van der Waals surface area contributed by atoms with E-state index in [0.29, 0.717) is 12.5 Å². The molecule has 2 atom stereocenters. The van der Waals surface area contributed by atoms with Crippen molar-refractivity contribution < 1.29 is 14.3 Å². The van der Waals surface area contributed by atoms with E-state index in [9.17, 15) is 4.79 Å². The zero-order chi connectivity index (χ0) is 18.1. The van der Waals surface area contributed by atoms with Gasteiger partial charge in [-0.15, -0.1) is 0 Å². The Morgan fingerprint density at radius 1 is 1.12 bits per heavy atom. The highest BCUT2D eigenvalue weighted by Gasteiger charge is 2.49. The minimum absolute atomic E-state index is 0.287. The molecule has 0 spiro atoms. The van der Waals surface area contributed by atoms with Crippen LogP contribution in [0.3, 0.4) is 0 Å². The Balaban J connectivity index is 1.93. The number of carbonyl (C=O) groups excluding carboxylic acids is 1. The number of hydrogen-bond donors (Lipinski definition) is 0. The number of methoxy groups -OCH3 is 1. The van der Waals surface area contributed by atoms with Crippen LogP contribution in [0.5, 0.6) is 0 Å². The number of hydrogen-bond acceptors (Lipinski definition) is 3. The molecule has 2 unspecified atom stereocenters. The van der Waals surface area contributed by atoms with E-state index in [1.165, 1.54) is 19.3 Å². The van der Waals surface area contributed by atoms with Crippen LogP contribution in [-0.4, -0.2) is 30.2 Å². The Bertz CT molecular complexity index is 591. The first-order valence-electron chi connectivity index (χ1n) is 9.47. The Kier molecular flexibility index (Phi) is 5.10. The lowest BCUT2D eigenvalue weighted by molar-refractivity contribution is -0.175. The van der Waals surface area contributed by atoms with Gasteiger partial charge in [0, 0.05) is 25.6 Å². The minimum Gasteiger partial charge on any atom is -0.444 e. The van der Waals surface area contributed by atoms with Gasteiger partial charge >= 0.3 is 6.09 Å². The topological polar surface area (TPSA) is 38.8 Å². The van der Waals surface area contributed by atoms with Crippen molar-refractivity contribution in [1.82, 2.24) is 4.90 Å². The molecular formula is C21H31NO3. The highest BCUT2D eigenvalue weighted by atomic mass is 16.6. The standard InChI is InChI=1S/C21H31NO3/c1-20(2,3)25-19(23)22-14-13-17(16-9-8-10-16)15-21(22,24-4)18-11-6-5-7-12-18/h5-7,11-12,16-17H,8-10,13-15H2,1-4H3. The Morgan fingerprint density at radius 2 is 1.80 bits per heavy atom. The van der Waals surface area contributed by atoms with E-state index in [1.54, 1.807) is 7.11 Å². The Hall–Kier alpha value is -1.55. The average Bonchev–Trinajstić information content (AvgIpc) is 2.52. The predicted molar refractivity (Wildman–Crippen MR) is 98.1 cm³/mol. The van der Waals surface area contributed by atoms with Crippen LogP contribution in [0.4, 0.5) is 4.79 Å². The second kappa shape index (κ2) is 6.99. The highest BCUT2D eigenvalue weighted by Crippen LogP contribution is 2.48. The van der Waals surface area contributed by atoms with Gasteiger partial charge in [-0.05, 0) is 39.0 Å². The molecule has 1 aromatic carbocycles. The lowest BCUT2D eigenvalue weighted by Gasteiger charge is -2.51. The molecule has 0 bridgehead atoms. The molecule has 1 heterocycles. The van der Waals surface area contributed by atoms with Gasteiger partial charge in [-0.2, -0.15) is 0 Å². The van der Waals surface area contributed by atoms with Crippen LogP contribution < -0.4 is 0 Å². The van der Waals surface area contributed by atoms with Crippen molar-refractivity contribution in [3.63, 3.8) is 0 Å². The van der Waals surface area contributed by atoms with Crippen LogP contribution in [0.15, 0.2) is 30.3 Å². The van der Waals surface area contributed by atoms with E-state index in [1.807, 2.05) is 43.9 Å². The lowest BCUT2D eigenvalue weighted by Crippen LogP contribution is -2.57. The molecule has 138 valence electrons. The average molecular weight is 345 g/mol. The Labute approximate surface area is 151 Å². The molecule has 1 saturated carbocycles. The maximum Gasteiger partial charge on any atom is 0.412 e. The second-order valence-corrected chi connectivity index (χ2v) is 8.43. The smallest absolute Gasteiger partial charge is 0.412 e. The maximum atomic E-state index is 12.9. The number of rotatable bonds is 3. The second-order valence-electron chi connectivity index (χ2n) is 8.43. The van der Waals surface area contributed by atoms with Crippen LogP contribution in [-0.2, 0) is 15.2 Å². The van der Waals surface area contributed by atoms with Crippen molar-refractivity contribution in [3.05, 3.63) is 35.9 Å². The van der Waals surface area contributed by atoms with Gasteiger partial charge in [0.05, 0.1) is 0 Å². The number of likely N-dealkylation sites (tertiary alicyclic amines) is 1. The first-order chi connectivity index (χ1) is 11.9. The number of nitrogens with zero attached hydrogens (tertiary/aromatic N) is 1. The largest absolute Gasteiger partial charge is 0.444 e. The molecular weight excluding hydrogens is 314 g/mol. The van der Waals surface area contributed by atoms with Crippen LogP contribution in [0.2, 0.25) is 0 Å². The molecule has 25 heavy (non-hydrogen) atoms. The predicted octanol–water partition coefficient (Wildman–Crippen LogP) is 4.93. The highest BCUT2D eigenvalue weighted by molar-refractivity contribution is 5.69. The Morgan fingerprint density at radius 3 is 2.32 bits per heavy atom. The van der Waals surface area contributed by atoms with Gasteiger partial charge in [0.1, 0.15) is 5.60 Å². The molecule has 1 saturated heterocycles. The molecule has 3 rings (SSSR count). The zero-order valence-electron chi connectivity index (χ0n) is 16.0. The fourth-order valence-corrected chi connectivity index (χ4v) is 4.20. The van der Waals surface area contributed by atoms with E-state index in [0.717, 1.165) is 24.3 Å². The van der Waals surface area contributed by atoms with Gasteiger partial charge in [0.2, 0.25) is 0 Å². The minimum atomic E-state index is -0.734. The molecule has 4 nitrogen and oxygen atoms in total. The van der Waals surface area contributed by atoms with E-state index in [2.05, 4.69) is 12.1 Å². The first-order valence-corrected chi connectivity index (χ1v) is 9.47. The van der Waals surface area contributed by atoms with Crippen LogP contribution >= 0.6 is 0 Å². The van der Waals surface area contributed by atoms with E-state index >= 15 is 0 Å². The normalized spacial score (nSPS) is 27.7. The third-order valence-electron chi connectivity index (χ3n) is 5.69. The molecule has 0 radical (unpaired) electrons. The molecule has 0 N–H and O–H groups in total.